The van der Waals surface area contributed by atoms with Crippen LogP contribution in [-0.2, 0) is 4.79 Å². The first kappa shape index (κ1) is 29.1. The normalized spacial score (nSPS) is 14.2. The molecule has 0 saturated carbocycles. The van der Waals surface area contributed by atoms with E-state index >= 15 is 0 Å². The first-order valence-electron chi connectivity index (χ1n) is 13.2. The molecule has 1 fully saturated rings. The predicted molar refractivity (Wildman–Crippen MR) is 156 cm³/mol. The molecule has 5 rings (SSSR count). The molecule has 8 nitrogen and oxygen atoms in total. The van der Waals surface area contributed by atoms with Gasteiger partial charge in [-0.25, -0.2) is 4.79 Å². The average Bonchev–Trinajstić information content (AvgIpc) is 3.33. The van der Waals surface area contributed by atoms with Gasteiger partial charge in [0, 0.05) is 32.6 Å². The second kappa shape index (κ2) is 13.4. The maximum Gasteiger partial charge on any atom is 0.332 e. The summed E-state index contributed by atoms with van der Waals surface area (Å²) in [5, 5.41) is 36.2. The molecule has 1 aromatic heterocycles. The Bertz CT molecular complexity index is 1440. The van der Waals surface area contributed by atoms with Crippen molar-refractivity contribution in [2.75, 3.05) is 26.2 Å². The fourth-order valence-corrected chi connectivity index (χ4v) is 5.69. The van der Waals surface area contributed by atoms with Crippen molar-refractivity contribution in [1.82, 2.24) is 4.90 Å². The first-order chi connectivity index (χ1) is 19.2. The van der Waals surface area contributed by atoms with Gasteiger partial charge < -0.3 is 25.2 Å². The molecule has 4 N–H and O–H groups in total. The number of rotatable bonds is 8. The number of carboxylic acid groups (broad SMARTS) is 1. The number of fused-ring (bicyclic) bond motifs is 1. The topological polar surface area (TPSA) is 128 Å². The number of phenols is 2. The lowest BCUT2D eigenvalue weighted by molar-refractivity contribution is -0.145. The van der Waals surface area contributed by atoms with Crippen LogP contribution in [-0.4, -0.2) is 69.4 Å². The van der Waals surface area contributed by atoms with Crippen molar-refractivity contribution in [2.24, 2.45) is 0 Å². The lowest BCUT2D eigenvalue weighted by atomic mass is 9.97. The molecular weight excluding hydrogens is 530 g/mol. The number of piperidine rings is 1. The number of thiophene rings is 1. The van der Waals surface area contributed by atoms with E-state index < -0.39 is 12.1 Å². The quantitative estimate of drug-likeness (QED) is 0.206. The minimum Gasteiger partial charge on any atom is -0.508 e. The molecule has 40 heavy (non-hydrogen) atoms. The number of benzene rings is 3. The summed E-state index contributed by atoms with van der Waals surface area (Å²) in [5.41, 5.74) is 2.03. The van der Waals surface area contributed by atoms with E-state index in [1.54, 1.807) is 42.5 Å². The molecule has 0 radical (unpaired) electrons. The Morgan fingerprint density at radius 3 is 2.17 bits per heavy atom. The molecule has 0 bridgehead atoms. The van der Waals surface area contributed by atoms with Crippen molar-refractivity contribution in [1.29, 1.82) is 0 Å². The highest BCUT2D eigenvalue weighted by molar-refractivity contribution is 7.22. The van der Waals surface area contributed by atoms with Gasteiger partial charge in [-0.05, 0) is 105 Å². The van der Waals surface area contributed by atoms with Gasteiger partial charge in [0.1, 0.15) is 30.0 Å². The molecule has 1 saturated heterocycles. The van der Waals surface area contributed by atoms with E-state index in [9.17, 15) is 19.8 Å². The van der Waals surface area contributed by atoms with Gasteiger partial charge in [0.2, 0.25) is 0 Å². The second-order valence-electron chi connectivity index (χ2n) is 9.65. The Morgan fingerprint density at radius 1 is 0.925 bits per heavy atom. The van der Waals surface area contributed by atoms with Crippen LogP contribution in [0.15, 0.2) is 66.7 Å². The van der Waals surface area contributed by atoms with Crippen molar-refractivity contribution in [3.05, 3.63) is 77.9 Å². The Morgan fingerprint density at radius 2 is 1.55 bits per heavy atom. The van der Waals surface area contributed by atoms with Gasteiger partial charge in [-0.15, -0.1) is 11.3 Å². The first-order valence-corrected chi connectivity index (χ1v) is 14.0. The number of phenolic OH excluding ortho intramolecular Hbond substituents is 2. The Balaban J connectivity index is 0.000000557. The van der Waals surface area contributed by atoms with Gasteiger partial charge in [-0.2, -0.15) is 0 Å². The van der Waals surface area contributed by atoms with Crippen LogP contribution in [0, 0.1) is 0 Å². The summed E-state index contributed by atoms with van der Waals surface area (Å²) in [6.45, 7) is 5.04. The maximum absolute atomic E-state index is 13.6. The van der Waals surface area contributed by atoms with Crippen molar-refractivity contribution in [2.45, 2.75) is 32.3 Å². The number of likely N-dealkylation sites (tertiary alicyclic amines) is 1. The summed E-state index contributed by atoms with van der Waals surface area (Å²) in [6.07, 6.45) is 2.62. The van der Waals surface area contributed by atoms with Crippen LogP contribution in [0.3, 0.4) is 0 Å². The fraction of sp³-hybridized carbons (Fsp3) is 0.290. The van der Waals surface area contributed by atoms with E-state index in [0.29, 0.717) is 17.7 Å². The van der Waals surface area contributed by atoms with Crippen LogP contribution in [0.1, 0.15) is 42.1 Å². The van der Waals surface area contributed by atoms with E-state index in [4.69, 9.17) is 14.9 Å². The van der Waals surface area contributed by atoms with Crippen LogP contribution in [0.2, 0.25) is 0 Å². The highest BCUT2D eigenvalue weighted by Gasteiger charge is 2.22. The third-order valence-corrected chi connectivity index (χ3v) is 7.83. The van der Waals surface area contributed by atoms with Crippen molar-refractivity contribution in [3.63, 3.8) is 0 Å². The van der Waals surface area contributed by atoms with E-state index in [1.807, 2.05) is 24.3 Å². The number of ether oxygens (including phenoxy) is 1. The third-order valence-electron chi connectivity index (χ3n) is 6.63. The number of aromatic hydroxyl groups is 2. The lowest BCUT2D eigenvalue weighted by Gasteiger charge is -2.26. The highest BCUT2D eigenvalue weighted by atomic mass is 32.1. The standard InChI is InChI=1S/C28H27NO4S.C3H6O3/c30-21-8-4-20(5-9-21)28-26(24-13-10-22(31)18-25(24)34-28)27(32)19-6-11-23(12-7-19)33-17-16-29-14-2-1-3-15-29;1-2(4)3(5)6/h4-13,18,30-31H,1-3,14-17H2;2,4H,1H3,(H,5,6)/t;2-/m.0/s1. The predicted octanol–water partition coefficient (Wildman–Crippen LogP) is 5.53. The molecule has 210 valence electrons. The van der Waals surface area contributed by atoms with Crippen molar-refractivity contribution < 1.29 is 34.8 Å². The molecule has 0 aliphatic carbocycles. The van der Waals surface area contributed by atoms with Crippen molar-refractivity contribution in [3.8, 4) is 27.7 Å². The molecule has 1 atom stereocenters. The minimum absolute atomic E-state index is 0.0834. The number of carbonyl (C=O) groups is 2. The van der Waals surface area contributed by atoms with E-state index in [-0.39, 0.29) is 17.3 Å². The van der Waals surface area contributed by atoms with Gasteiger partial charge in [0.05, 0.1) is 0 Å². The summed E-state index contributed by atoms with van der Waals surface area (Å²) in [4.78, 5) is 26.3. The average molecular weight is 564 g/mol. The number of ketones is 1. The molecule has 3 aromatic carbocycles. The number of carboxylic acids is 1. The third kappa shape index (κ3) is 7.38. The molecule has 4 aromatic rings. The molecule has 0 unspecified atom stereocenters. The molecule has 1 aliphatic heterocycles. The smallest absolute Gasteiger partial charge is 0.332 e. The minimum atomic E-state index is -1.23. The van der Waals surface area contributed by atoms with Gasteiger partial charge in [-0.1, -0.05) is 6.42 Å². The van der Waals surface area contributed by atoms with Gasteiger partial charge >= 0.3 is 5.97 Å². The zero-order chi connectivity index (χ0) is 28.6. The number of aliphatic hydroxyl groups is 1. The highest BCUT2D eigenvalue weighted by Crippen LogP contribution is 2.41. The number of nitrogens with zero attached hydrogens (tertiary/aromatic N) is 1. The zero-order valence-electron chi connectivity index (χ0n) is 22.2. The van der Waals surface area contributed by atoms with E-state index in [0.717, 1.165) is 45.9 Å². The van der Waals surface area contributed by atoms with Crippen LogP contribution < -0.4 is 4.74 Å². The van der Waals surface area contributed by atoms with Crippen molar-refractivity contribution >= 4 is 33.2 Å². The van der Waals surface area contributed by atoms with Gasteiger partial charge in [0.15, 0.2) is 5.78 Å². The van der Waals surface area contributed by atoms with E-state index in [1.165, 1.54) is 37.5 Å². The number of hydrogen-bond acceptors (Lipinski definition) is 8. The Labute approximate surface area is 236 Å². The summed E-state index contributed by atoms with van der Waals surface area (Å²) in [5.74, 6) is -0.176. The maximum atomic E-state index is 13.6. The lowest BCUT2D eigenvalue weighted by Crippen LogP contribution is -2.33. The van der Waals surface area contributed by atoms with Gasteiger partial charge in [-0.3, -0.25) is 9.69 Å². The SMILES string of the molecule is C[C@H](O)C(=O)O.O=C(c1ccc(OCCN2CCCCC2)cc1)c1c(-c2ccc(O)cc2)sc2cc(O)ccc12. The van der Waals surface area contributed by atoms with Crippen LogP contribution >= 0.6 is 11.3 Å². The monoisotopic (exact) mass is 563 g/mol. The second-order valence-corrected chi connectivity index (χ2v) is 10.7. The zero-order valence-corrected chi connectivity index (χ0v) is 23.1. The fourth-order valence-electron chi connectivity index (χ4n) is 4.45. The molecule has 1 aliphatic rings. The summed E-state index contributed by atoms with van der Waals surface area (Å²) in [6, 6.07) is 19.2. The number of carbonyl (C=O) groups excluding carboxylic acids is 1. The molecule has 0 spiro atoms. The summed E-state index contributed by atoms with van der Waals surface area (Å²) < 4.78 is 6.76. The number of hydrogen-bond donors (Lipinski definition) is 4. The molecule has 0 amide bonds. The van der Waals surface area contributed by atoms with Crippen LogP contribution in [0.25, 0.3) is 20.5 Å². The summed E-state index contributed by atoms with van der Waals surface area (Å²) in [7, 11) is 0. The number of aliphatic carboxylic acids is 1. The van der Waals surface area contributed by atoms with Crippen LogP contribution in [0.4, 0.5) is 0 Å². The molecular formula is C31H33NO7S. The van der Waals surface area contributed by atoms with E-state index in [2.05, 4.69) is 4.90 Å². The Kier molecular flexibility index (Phi) is 9.76. The summed E-state index contributed by atoms with van der Waals surface area (Å²) >= 11 is 1.46. The number of aliphatic hydroxyl groups excluding tert-OH is 1. The molecule has 9 heteroatoms. The largest absolute Gasteiger partial charge is 0.508 e. The van der Waals surface area contributed by atoms with Gasteiger partial charge in [0.25, 0.3) is 0 Å². The van der Waals surface area contributed by atoms with Crippen LogP contribution in [0.5, 0.6) is 17.2 Å². The Hall–Kier alpha value is -3.92. The molecule has 2 heterocycles.